The van der Waals surface area contributed by atoms with Crippen LogP contribution in [0.4, 0.5) is 0 Å². The average Bonchev–Trinajstić information content (AvgIpc) is 2.74. The molecule has 1 saturated heterocycles. The topological polar surface area (TPSA) is 37.6 Å². The van der Waals surface area contributed by atoms with E-state index in [0.717, 1.165) is 41.9 Å². The molecule has 1 fully saturated rings. The van der Waals surface area contributed by atoms with Crippen molar-refractivity contribution in [3.05, 3.63) is 33.2 Å². The summed E-state index contributed by atoms with van der Waals surface area (Å²) in [6, 6.07) is 1.69. The first-order valence-corrected chi connectivity index (χ1v) is 7.70. The second-order valence-corrected chi connectivity index (χ2v) is 6.38. The summed E-state index contributed by atoms with van der Waals surface area (Å²) in [5, 5.41) is 1.98. The Morgan fingerprint density at radius 3 is 2.89 bits per heavy atom. The van der Waals surface area contributed by atoms with Crippen molar-refractivity contribution in [3.8, 4) is 0 Å². The number of likely N-dealkylation sites (tertiary alicyclic amines) is 1. The molecule has 0 radical (unpaired) electrons. The van der Waals surface area contributed by atoms with Crippen LogP contribution in [0.1, 0.15) is 31.2 Å². The van der Waals surface area contributed by atoms with E-state index in [9.17, 15) is 4.79 Å². The van der Waals surface area contributed by atoms with Gasteiger partial charge in [-0.05, 0) is 38.8 Å². The summed E-state index contributed by atoms with van der Waals surface area (Å²) in [6.45, 7) is 7.29. The normalized spacial score (nSPS) is 18.2. The zero-order valence-electron chi connectivity index (χ0n) is 11.4. The lowest BCUT2D eigenvalue weighted by Gasteiger charge is -2.29. The fourth-order valence-electron chi connectivity index (χ4n) is 2.63. The number of hydrogen-bond donors (Lipinski definition) is 0. The summed E-state index contributed by atoms with van der Waals surface area (Å²) in [4.78, 5) is 19.9. The summed E-state index contributed by atoms with van der Waals surface area (Å²) < 4.78 is 1.69. The minimum absolute atomic E-state index is 0.0455. The predicted octanol–water partition coefficient (Wildman–Crippen LogP) is 2.30. The largest absolute Gasteiger partial charge is 0.297 e. The number of aryl methyl sites for hydroxylation is 1. The highest BCUT2D eigenvalue weighted by atomic mass is 32.1. The molecule has 5 heteroatoms. The van der Waals surface area contributed by atoms with Gasteiger partial charge < -0.3 is 0 Å². The molecule has 102 valence electrons. The molecule has 1 aliphatic rings. The molecule has 2 aromatic rings. The number of nitrogens with zero attached hydrogens (tertiary/aromatic N) is 3. The standard InChI is InChI=1S/C14H19N3OS/c1-10-3-5-16(6-4-10)8-12-7-13(18)17-11(2)9-19-14(17)15-12/h7,9-10H,3-6,8H2,1-2H3. The fourth-order valence-corrected chi connectivity index (χ4v) is 3.52. The van der Waals surface area contributed by atoms with Crippen molar-refractivity contribution in [1.82, 2.24) is 14.3 Å². The Bertz CT molecular complexity index is 638. The number of aromatic nitrogens is 2. The molecule has 0 bridgehead atoms. The van der Waals surface area contributed by atoms with Gasteiger partial charge in [-0.3, -0.25) is 14.1 Å². The zero-order chi connectivity index (χ0) is 13.4. The first-order chi connectivity index (χ1) is 9.13. The van der Waals surface area contributed by atoms with Gasteiger partial charge in [0, 0.05) is 23.7 Å². The third kappa shape index (κ3) is 2.58. The minimum Gasteiger partial charge on any atom is -0.297 e. The van der Waals surface area contributed by atoms with Crippen molar-refractivity contribution >= 4 is 16.3 Å². The van der Waals surface area contributed by atoms with E-state index in [0.29, 0.717) is 0 Å². The van der Waals surface area contributed by atoms with E-state index in [1.54, 1.807) is 10.5 Å². The summed E-state index contributed by atoms with van der Waals surface area (Å²) in [6.07, 6.45) is 2.50. The van der Waals surface area contributed by atoms with Gasteiger partial charge in [-0.25, -0.2) is 4.98 Å². The minimum atomic E-state index is 0.0455. The van der Waals surface area contributed by atoms with Gasteiger partial charge in [-0.2, -0.15) is 0 Å². The lowest BCUT2D eigenvalue weighted by molar-refractivity contribution is 0.183. The van der Waals surface area contributed by atoms with Gasteiger partial charge in [-0.1, -0.05) is 6.92 Å². The summed E-state index contributed by atoms with van der Waals surface area (Å²) in [7, 11) is 0. The van der Waals surface area contributed by atoms with Gasteiger partial charge >= 0.3 is 0 Å². The van der Waals surface area contributed by atoms with E-state index in [4.69, 9.17) is 0 Å². The van der Waals surface area contributed by atoms with Crippen LogP contribution in [0.5, 0.6) is 0 Å². The Balaban J connectivity index is 1.84. The van der Waals surface area contributed by atoms with Crippen LogP contribution in [0, 0.1) is 12.8 Å². The Morgan fingerprint density at radius 2 is 2.16 bits per heavy atom. The molecule has 2 aromatic heterocycles. The number of fused-ring (bicyclic) bond motifs is 1. The Labute approximate surface area is 116 Å². The molecule has 4 nitrogen and oxygen atoms in total. The van der Waals surface area contributed by atoms with Crippen LogP contribution >= 0.6 is 11.3 Å². The zero-order valence-corrected chi connectivity index (χ0v) is 12.2. The Hall–Kier alpha value is -1.20. The highest BCUT2D eigenvalue weighted by Crippen LogP contribution is 2.18. The van der Waals surface area contributed by atoms with E-state index in [-0.39, 0.29) is 5.56 Å². The fraction of sp³-hybridized carbons (Fsp3) is 0.571. The third-order valence-corrected chi connectivity index (χ3v) is 4.83. The maximum Gasteiger partial charge on any atom is 0.259 e. The van der Waals surface area contributed by atoms with E-state index < -0.39 is 0 Å². The van der Waals surface area contributed by atoms with Gasteiger partial charge in [0.15, 0.2) is 4.96 Å². The molecule has 3 rings (SSSR count). The molecule has 0 aliphatic carbocycles. The van der Waals surface area contributed by atoms with Crippen LogP contribution in [0.3, 0.4) is 0 Å². The quantitative estimate of drug-likeness (QED) is 0.845. The average molecular weight is 277 g/mol. The van der Waals surface area contributed by atoms with E-state index in [2.05, 4.69) is 16.8 Å². The number of thiazole rings is 1. The van der Waals surface area contributed by atoms with Gasteiger partial charge in [0.2, 0.25) is 0 Å². The maximum absolute atomic E-state index is 12.1. The Morgan fingerprint density at radius 1 is 1.42 bits per heavy atom. The van der Waals surface area contributed by atoms with Crippen molar-refractivity contribution in [3.63, 3.8) is 0 Å². The first kappa shape index (κ1) is 12.8. The van der Waals surface area contributed by atoms with E-state index >= 15 is 0 Å². The highest BCUT2D eigenvalue weighted by Gasteiger charge is 2.17. The number of rotatable bonds is 2. The van der Waals surface area contributed by atoms with Gasteiger partial charge in [-0.15, -0.1) is 11.3 Å². The molecule has 0 unspecified atom stereocenters. The van der Waals surface area contributed by atoms with Crippen LogP contribution in [0.15, 0.2) is 16.2 Å². The maximum atomic E-state index is 12.1. The molecular weight excluding hydrogens is 258 g/mol. The number of hydrogen-bond acceptors (Lipinski definition) is 4. The lowest BCUT2D eigenvalue weighted by Crippen LogP contribution is -2.33. The van der Waals surface area contributed by atoms with Crippen LogP contribution in [0.2, 0.25) is 0 Å². The second-order valence-electron chi connectivity index (χ2n) is 5.54. The molecular formula is C14H19N3OS. The van der Waals surface area contributed by atoms with E-state index in [1.165, 1.54) is 24.2 Å². The van der Waals surface area contributed by atoms with Crippen molar-refractivity contribution in [2.24, 2.45) is 5.92 Å². The van der Waals surface area contributed by atoms with Gasteiger partial charge in [0.1, 0.15) is 0 Å². The highest BCUT2D eigenvalue weighted by molar-refractivity contribution is 7.15. The van der Waals surface area contributed by atoms with Crippen LogP contribution in [-0.4, -0.2) is 27.4 Å². The summed E-state index contributed by atoms with van der Waals surface area (Å²) in [5.41, 5.74) is 1.92. The molecule has 0 amide bonds. The lowest BCUT2D eigenvalue weighted by atomic mass is 9.99. The molecule has 0 N–H and O–H groups in total. The Kier molecular flexibility index (Phi) is 3.41. The summed E-state index contributed by atoms with van der Waals surface area (Å²) >= 11 is 1.54. The van der Waals surface area contributed by atoms with E-state index in [1.807, 2.05) is 12.3 Å². The molecule has 0 atom stereocenters. The smallest absolute Gasteiger partial charge is 0.259 e. The molecule has 0 aromatic carbocycles. The molecule has 3 heterocycles. The third-order valence-electron chi connectivity index (χ3n) is 3.89. The van der Waals surface area contributed by atoms with Crippen molar-refractivity contribution < 1.29 is 0 Å². The molecule has 1 aliphatic heterocycles. The summed E-state index contributed by atoms with van der Waals surface area (Å²) in [5.74, 6) is 0.831. The van der Waals surface area contributed by atoms with Crippen LogP contribution in [0.25, 0.3) is 4.96 Å². The molecule has 0 saturated carbocycles. The SMILES string of the molecule is Cc1csc2nc(CN3CCC(C)CC3)cc(=O)n12. The van der Waals surface area contributed by atoms with Crippen LogP contribution in [-0.2, 0) is 6.54 Å². The van der Waals surface area contributed by atoms with Gasteiger partial charge in [0.05, 0.1) is 5.69 Å². The first-order valence-electron chi connectivity index (χ1n) is 6.82. The van der Waals surface area contributed by atoms with Crippen molar-refractivity contribution in [2.45, 2.75) is 33.2 Å². The van der Waals surface area contributed by atoms with Crippen molar-refractivity contribution in [2.75, 3.05) is 13.1 Å². The predicted molar refractivity (Wildman–Crippen MR) is 77.8 cm³/mol. The van der Waals surface area contributed by atoms with Crippen LogP contribution < -0.4 is 5.56 Å². The molecule has 0 spiro atoms. The monoisotopic (exact) mass is 277 g/mol. The number of piperidine rings is 1. The van der Waals surface area contributed by atoms with Gasteiger partial charge in [0.25, 0.3) is 5.56 Å². The van der Waals surface area contributed by atoms with Crippen molar-refractivity contribution in [1.29, 1.82) is 0 Å². The molecule has 19 heavy (non-hydrogen) atoms. The second kappa shape index (κ2) is 5.06.